The number of carbonyl (C=O) groups is 1. The molecule has 0 bridgehead atoms. The number of hydrogen-bond donors (Lipinski definition) is 11. The van der Waals surface area contributed by atoms with Crippen molar-refractivity contribution in [1.29, 1.82) is 0 Å². The quantitative estimate of drug-likeness (QED) is 0.0458. The summed E-state index contributed by atoms with van der Waals surface area (Å²) in [5, 5.41) is 28.6. The molecule has 0 unspecified atom stereocenters. The number of thiophene rings is 1. The number of hydrogen-bond acceptors (Lipinski definition) is 30. The van der Waals surface area contributed by atoms with Crippen LogP contribution in [0, 0.1) is 0 Å². The summed E-state index contributed by atoms with van der Waals surface area (Å²) >= 11 is 1.66. The average molecular weight is 1280 g/mol. The van der Waals surface area contributed by atoms with Crippen LogP contribution in [0.4, 0.5) is 54.5 Å². The van der Waals surface area contributed by atoms with Crippen molar-refractivity contribution in [3.63, 3.8) is 0 Å². The third-order valence-corrected chi connectivity index (χ3v) is 12.0. The smallest absolute Gasteiger partial charge is 0.346 e. The fourth-order valence-electron chi connectivity index (χ4n) is 6.95. The molecule has 0 spiro atoms. The Hall–Kier alpha value is -10.2. The number of rotatable bonds is 17. The van der Waals surface area contributed by atoms with Crippen LogP contribution in [0.25, 0.3) is 15.9 Å². The predicted molar refractivity (Wildman–Crippen MR) is 336 cm³/mol. The van der Waals surface area contributed by atoms with Gasteiger partial charge in [-0.2, -0.15) is 19.0 Å². The number of aromatic nitrogens is 13. The maximum Gasteiger partial charge on any atom is 0.346 e. The van der Waals surface area contributed by atoms with E-state index in [1.165, 1.54) is 35.8 Å². The number of nitrogens with two attached hydrogens (primary N) is 7. The molecule has 2 aliphatic rings. The lowest BCUT2D eigenvalue weighted by Gasteiger charge is -2.16. The van der Waals surface area contributed by atoms with Crippen LogP contribution in [-0.4, -0.2) is 180 Å². The minimum absolute atomic E-state index is 0.235. The second-order valence-corrected chi connectivity index (χ2v) is 18.8. The van der Waals surface area contributed by atoms with Crippen molar-refractivity contribution < 1.29 is 56.6 Å². The largest absolute Gasteiger partial charge is 0.475 e. The Kier molecular flexibility index (Phi) is 32.3. The average Bonchev–Trinajstić information content (AvgIpc) is 1.82. The Bertz CT molecular complexity index is 3440. The molecule has 1 amide bonds. The number of nitrogens with zero attached hydrogens (tertiary/aromatic N) is 12. The Morgan fingerprint density at radius 1 is 0.769 bits per heavy atom. The molecule has 91 heavy (non-hydrogen) atoms. The summed E-state index contributed by atoms with van der Waals surface area (Å²) in [4.78, 5) is 46.0. The first kappa shape index (κ1) is 71.5. The number of aliphatic hydroxyl groups excluding tert-OH is 1. The minimum Gasteiger partial charge on any atom is -0.475 e. The van der Waals surface area contributed by atoms with Gasteiger partial charge in [-0.05, 0) is 47.8 Å². The van der Waals surface area contributed by atoms with Gasteiger partial charge in [-0.3, -0.25) is 4.79 Å². The highest BCUT2D eigenvalue weighted by Crippen LogP contribution is 2.29. The molecule has 35 heteroatoms. The summed E-state index contributed by atoms with van der Waals surface area (Å²) in [6, 6.07) is 22.5. The molecule has 486 valence electrons. The summed E-state index contributed by atoms with van der Waals surface area (Å²) in [6.45, 7) is 0.432. The summed E-state index contributed by atoms with van der Waals surface area (Å²) in [6.07, 6.45) is 17.3. The van der Waals surface area contributed by atoms with Gasteiger partial charge >= 0.3 is 12.6 Å². The molecule has 0 aliphatic carbocycles. The molecule has 9 aromatic heterocycles. The maximum atomic E-state index is 11.9. The van der Waals surface area contributed by atoms with Gasteiger partial charge in [0.1, 0.15) is 55.9 Å². The van der Waals surface area contributed by atoms with E-state index in [2.05, 4.69) is 81.3 Å². The number of alkyl halides is 2. The van der Waals surface area contributed by atoms with Crippen molar-refractivity contribution in [2.45, 2.75) is 31.0 Å². The van der Waals surface area contributed by atoms with Crippen molar-refractivity contribution >= 4 is 78.9 Å². The van der Waals surface area contributed by atoms with Crippen LogP contribution in [0.3, 0.4) is 0 Å². The van der Waals surface area contributed by atoms with Gasteiger partial charge in [0.2, 0.25) is 5.88 Å². The number of halogens is 2. The molecule has 10 aromatic rings. The zero-order valence-electron chi connectivity index (χ0n) is 49.4. The first-order chi connectivity index (χ1) is 44.1. The topological polar surface area (TPSA) is 479 Å². The van der Waals surface area contributed by atoms with Gasteiger partial charge in [-0.25, -0.2) is 44.4 Å². The van der Waals surface area contributed by atoms with Crippen molar-refractivity contribution in [1.82, 2.24) is 70.0 Å². The first-order valence-electron chi connectivity index (χ1n) is 27.1. The second kappa shape index (κ2) is 41.1. The number of benzene rings is 1. The van der Waals surface area contributed by atoms with E-state index in [0.717, 1.165) is 27.4 Å². The van der Waals surface area contributed by atoms with Gasteiger partial charge in [-0.15, -0.1) is 16.4 Å². The molecule has 2 aliphatic heterocycles. The van der Waals surface area contributed by atoms with Gasteiger partial charge in [0.05, 0.1) is 122 Å². The predicted octanol–water partition coefficient (Wildman–Crippen LogP) is 3.65. The van der Waals surface area contributed by atoms with E-state index in [1.54, 1.807) is 93.1 Å². The number of ether oxygens (including phenoxy) is 8. The highest BCUT2D eigenvalue weighted by Gasteiger charge is 2.48. The number of methoxy groups -OCH3 is 2. The fraction of sp³-hybridized carbons (Fsp3) is 0.286. The molecular weight excluding hydrogens is 1210 g/mol. The molecule has 0 saturated carbocycles. The molecular formula is C56H72F2N22O10S. The maximum absolute atomic E-state index is 11.9. The Morgan fingerprint density at radius 3 is 2.11 bits per heavy atom. The van der Waals surface area contributed by atoms with Crippen LogP contribution in [0.15, 0.2) is 153 Å². The summed E-state index contributed by atoms with van der Waals surface area (Å²) in [5.74, 6) is 1.56. The third kappa shape index (κ3) is 27.8. The highest BCUT2D eigenvalue weighted by atomic mass is 32.1. The molecule has 32 nitrogen and oxygen atoms in total. The second-order valence-electron chi connectivity index (χ2n) is 17.9. The number of pyridine rings is 1. The van der Waals surface area contributed by atoms with Crippen LogP contribution < -0.4 is 60.2 Å². The lowest BCUT2D eigenvalue weighted by Crippen LogP contribution is -2.34. The van der Waals surface area contributed by atoms with E-state index < -0.39 is 19.4 Å². The number of nitrogens with one attached hydrogen (secondary N) is 3. The minimum atomic E-state index is -2.73. The Labute approximate surface area is 524 Å². The van der Waals surface area contributed by atoms with Gasteiger partial charge in [-0.1, -0.05) is 18.2 Å². The van der Waals surface area contributed by atoms with E-state index in [9.17, 15) is 18.7 Å². The number of nitrogen functional groups attached to an aromatic ring is 6. The molecule has 11 heterocycles. The Balaban J connectivity index is 0.000000195. The number of fused-ring (bicyclic) bond motifs is 3. The zero-order valence-corrected chi connectivity index (χ0v) is 50.2. The molecule has 2 saturated heterocycles. The van der Waals surface area contributed by atoms with Crippen LogP contribution in [0.2, 0.25) is 0 Å². The zero-order chi connectivity index (χ0) is 65.4. The molecule has 12 rings (SSSR count). The standard InChI is InChI=1S/C12H17N5O3.C10H13N3O4.C10H9N3.C8H12N2O2.C6H6N2S.2C4H5N3.C2H5F2NO/c1-19-4-5-20-3-2-14-12(18)10-6-11-15-7-9(13)8-17(11)16-10;11-5-1-12-10(13-2-5)17-7-4-16-8-6(14)3-15-9(7)8;1-2-4-9(5-3-1)13-10-6-7-11-8-12-10;1-11-4-5-12-8-3-2-7(9)6-10-8;7-4-3-8-5-1-2-9-6(4)5;5-4-1-6-3-7-2-4;5-4-2-1-3-6-7-4;3-2(4)6-1-5/h6-8H,2-5,13H2,1H3,(H,14,18);1-2,6-9,14H,3-4,11H2;1-8H,(H,11,12,13);2-3,6H,4-5,9H2,1H3;1-3,8H,7H2;1-3H,5H2;1-3H,(H2,5,7);2H,1,5H2/t;6-,7-,8-,9-;;;;;;/m.1....../s1. The summed E-state index contributed by atoms with van der Waals surface area (Å²) < 4.78 is 64.1. The number of H-pyrrole nitrogens is 1. The van der Waals surface area contributed by atoms with Crippen molar-refractivity contribution in [3.8, 4) is 11.9 Å². The summed E-state index contributed by atoms with van der Waals surface area (Å²) in [5.41, 5.74) is 43.1. The molecule has 0 radical (unpaired) electrons. The van der Waals surface area contributed by atoms with E-state index in [4.69, 9.17) is 67.6 Å². The van der Waals surface area contributed by atoms with Crippen LogP contribution >= 0.6 is 11.3 Å². The lowest BCUT2D eigenvalue weighted by molar-refractivity contribution is -0.126. The lowest BCUT2D eigenvalue weighted by atomic mass is 10.1. The van der Waals surface area contributed by atoms with Crippen molar-refractivity contribution in [2.75, 3.05) is 113 Å². The number of aliphatic hydroxyl groups is 1. The fourth-order valence-corrected chi connectivity index (χ4v) is 7.74. The van der Waals surface area contributed by atoms with E-state index >= 15 is 0 Å². The molecule has 4 atom stereocenters. The monoisotopic (exact) mass is 1280 g/mol. The van der Waals surface area contributed by atoms with Crippen LogP contribution in [0.5, 0.6) is 11.9 Å². The van der Waals surface area contributed by atoms with Gasteiger partial charge < -0.3 is 98.8 Å². The van der Waals surface area contributed by atoms with Crippen molar-refractivity contribution in [2.24, 2.45) is 5.73 Å². The number of anilines is 8. The number of para-hydroxylation sites is 1. The molecule has 18 N–H and O–H groups in total. The molecule has 1 aromatic carbocycles. The SMILES string of the molecule is COCCOCCNC(=O)c1cc2ncc(N)cn2n1.COCCOc1ccc(N)cn1.NCOC(F)F.Nc1c[nH]c2ccsc12.Nc1cccnn1.Nc1cnc(O[C@@H]2CO[C@H]3[C@@H]2OC[C@H]3O)nc1.Nc1cncnc1.c1ccc(Nc2ccncn2)cc1. The Morgan fingerprint density at radius 2 is 1.49 bits per heavy atom. The van der Waals surface area contributed by atoms with Gasteiger partial charge in [0.25, 0.3) is 5.91 Å². The van der Waals surface area contributed by atoms with Gasteiger partial charge in [0, 0.05) is 57.2 Å². The first-order valence-corrected chi connectivity index (χ1v) is 28.0. The molecule has 2 fully saturated rings. The van der Waals surface area contributed by atoms with Crippen molar-refractivity contribution in [3.05, 3.63) is 158 Å². The van der Waals surface area contributed by atoms with Gasteiger partial charge in [0.15, 0.2) is 17.4 Å². The van der Waals surface area contributed by atoms with Crippen LogP contribution in [-0.2, 0) is 28.4 Å². The number of aromatic amines is 1. The number of amides is 1. The number of carbonyl (C=O) groups excluding carboxylic acids is 1. The normalized spacial score (nSPS) is 14.8. The third-order valence-electron chi connectivity index (χ3n) is 11.0. The van der Waals surface area contributed by atoms with E-state index in [1.807, 2.05) is 54.0 Å². The highest BCUT2D eigenvalue weighted by molar-refractivity contribution is 7.17. The van der Waals surface area contributed by atoms with Crippen LogP contribution in [0.1, 0.15) is 10.5 Å². The van der Waals surface area contributed by atoms with E-state index in [-0.39, 0.29) is 36.8 Å². The summed E-state index contributed by atoms with van der Waals surface area (Å²) in [7, 11) is 3.23. The van der Waals surface area contributed by atoms with E-state index in [0.29, 0.717) is 92.0 Å².